The van der Waals surface area contributed by atoms with E-state index in [1.165, 1.54) is 0 Å². The summed E-state index contributed by atoms with van der Waals surface area (Å²) in [5.74, 6) is -0.0339. The maximum absolute atomic E-state index is 10.3. The van der Waals surface area contributed by atoms with Crippen molar-refractivity contribution in [2.75, 3.05) is 0 Å². The smallest absolute Gasteiger partial charge is 0.303 e. The van der Waals surface area contributed by atoms with Crippen molar-refractivity contribution in [2.45, 2.75) is 84.0 Å². The van der Waals surface area contributed by atoms with Crippen LogP contribution in [0.2, 0.25) is 0 Å². The molecular formula is C18H32O4. The quantitative estimate of drug-likeness (QED) is 0.134. The third-order valence-electron chi connectivity index (χ3n) is 3.55. The summed E-state index contributed by atoms with van der Waals surface area (Å²) < 4.78 is 0. The zero-order valence-corrected chi connectivity index (χ0v) is 13.9. The summed E-state index contributed by atoms with van der Waals surface area (Å²) in [7, 11) is 0. The molecule has 0 aliphatic carbocycles. The molecule has 4 heteroatoms. The lowest BCUT2D eigenvalue weighted by Gasteiger charge is -2.02. The molecule has 128 valence electrons. The van der Waals surface area contributed by atoms with Gasteiger partial charge in [0.15, 0.2) is 0 Å². The Morgan fingerprint density at radius 3 is 2.32 bits per heavy atom. The number of rotatable bonds is 15. The molecule has 0 aromatic heterocycles. The van der Waals surface area contributed by atoms with Crippen molar-refractivity contribution < 1.29 is 20.0 Å². The van der Waals surface area contributed by atoms with E-state index in [1.807, 2.05) is 6.08 Å². The standard InChI is InChI=1S/C18H32O4/c1-2-3-11-14-17(22-21)15-12-9-7-5-4-6-8-10-13-16-18(19)20/h7,9,15,21H,2-6,8,10-14,16H2,1H3,(H,19,20)/b9-7+,17-15+. The molecule has 0 aromatic rings. The predicted octanol–water partition coefficient (Wildman–Crippen LogP) is 5.70. The highest BCUT2D eigenvalue weighted by Gasteiger charge is 1.97. The van der Waals surface area contributed by atoms with Crippen molar-refractivity contribution in [3.05, 3.63) is 24.0 Å². The van der Waals surface area contributed by atoms with Crippen LogP contribution in [0.25, 0.3) is 0 Å². The Hall–Kier alpha value is -1.29. The molecule has 22 heavy (non-hydrogen) atoms. The summed E-state index contributed by atoms with van der Waals surface area (Å²) in [5.41, 5.74) is 0. The first-order chi connectivity index (χ1) is 10.7. The normalized spacial score (nSPS) is 12.0. The van der Waals surface area contributed by atoms with Crippen LogP contribution in [-0.4, -0.2) is 16.3 Å². The summed E-state index contributed by atoms with van der Waals surface area (Å²) in [6.07, 6.45) is 17.7. The van der Waals surface area contributed by atoms with E-state index in [4.69, 9.17) is 10.4 Å². The van der Waals surface area contributed by atoms with Crippen molar-refractivity contribution in [3.8, 4) is 0 Å². The van der Waals surface area contributed by atoms with Crippen LogP contribution >= 0.6 is 0 Å². The minimum absolute atomic E-state index is 0.291. The fourth-order valence-corrected chi connectivity index (χ4v) is 2.22. The second-order valence-electron chi connectivity index (χ2n) is 5.63. The molecule has 0 saturated carbocycles. The Morgan fingerprint density at radius 1 is 0.955 bits per heavy atom. The van der Waals surface area contributed by atoms with Gasteiger partial charge in [-0.3, -0.25) is 4.79 Å². The zero-order chi connectivity index (χ0) is 16.5. The van der Waals surface area contributed by atoms with Crippen LogP contribution in [0, 0.1) is 0 Å². The van der Waals surface area contributed by atoms with Crippen molar-refractivity contribution in [3.63, 3.8) is 0 Å². The second-order valence-corrected chi connectivity index (χ2v) is 5.63. The Bertz CT molecular complexity index is 321. The summed E-state index contributed by atoms with van der Waals surface area (Å²) in [6, 6.07) is 0. The van der Waals surface area contributed by atoms with Gasteiger partial charge in [0.1, 0.15) is 5.76 Å². The summed E-state index contributed by atoms with van der Waals surface area (Å²) >= 11 is 0. The number of carboxylic acids is 1. The van der Waals surface area contributed by atoms with Gasteiger partial charge in [-0.05, 0) is 38.2 Å². The van der Waals surface area contributed by atoms with E-state index < -0.39 is 5.97 Å². The SMILES string of the molecule is CCCCC/C(=C\C/C=C/CCCCCCCC(=O)O)OO. The van der Waals surface area contributed by atoms with Crippen LogP contribution in [0.5, 0.6) is 0 Å². The maximum Gasteiger partial charge on any atom is 0.303 e. The Labute approximate surface area is 134 Å². The van der Waals surface area contributed by atoms with E-state index in [0.717, 1.165) is 70.6 Å². The fraction of sp³-hybridized carbons (Fsp3) is 0.722. The summed E-state index contributed by atoms with van der Waals surface area (Å²) in [5, 5.41) is 17.3. The fourth-order valence-electron chi connectivity index (χ4n) is 2.22. The zero-order valence-electron chi connectivity index (χ0n) is 13.9. The first-order valence-electron chi connectivity index (χ1n) is 8.58. The van der Waals surface area contributed by atoms with Gasteiger partial charge in [0.05, 0.1) is 0 Å². The number of carboxylic acid groups (broad SMARTS) is 1. The monoisotopic (exact) mass is 312 g/mol. The minimum atomic E-state index is -0.697. The number of carbonyl (C=O) groups is 1. The van der Waals surface area contributed by atoms with Crippen LogP contribution < -0.4 is 0 Å². The Balaban J connectivity index is 3.50. The minimum Gasteiger partial charge on any atom is -0.481 e. The van der Waals surface area contributed by atoms with Crippen LogP contribution in [0.15, 0.2) is 24.0 Å². The highest BCUT2D eigenvalue weighted by atomic mass is 17.1. The van der Waals surface area contributed by atoms with Gasteiger partial charge in [-0.1, -0.05) is 51.2 Å². The van der Waals surface area contributed by atoms with Gasteiger partial charge in [-0.15, -0.1) is 0 Å². The summed E-state index contributed by atoms with van der Waals surface area (Å²) in [4.78, 5) is 14.7. The molecule has 0 aliphatic heterocycles. The molecule has 0 unspecified atom stereocenters. The number of allylic oxidation sites excluding steroid dienone is 4. The summed E-state index contributed by atoms with van der Waals surface area (Å²) in [6.45, 7) is 2.15. The second kappa shape index (κ2) is 16.1. The first kappa shape index (κ1) is 20.7. The van der Waals surface area contributed by atoms with Crippen molar-refractivity contribution in [1.29, 1.82) is 0 Å². The number of hydrogen-bond donors (Lipinski definition) is 2. The van der Waals surface area contributed by atoms with E-state index in [2.05, 4.69) is 24.0 Å². The average molecular weight is 312 g/mol. The highest BCUT2D eigenvalue weighted by Crippen LogP contribution is 2.11. The molecule has 2 N–H and O–H groups in total. The molecule has 0 fully saturated rings. The number of hydrogen-bond acceptors (Lipinski definition) is 3. The Kier molecular flexibility index (Phi) is 15.1. The topological polar surface area (TPSA) is 66.8 Å². The third-order valence-corrected chi connectivity index (χ3v) is 3.55. The molecule has 0 heterocycles. The van der Waals surface area contributed by atoms with Crippen LogP contribution in [0.3, 0.4) is 0 Å². The predicted molar refractivity (Wildman–Crippen MR) is 89.7 cm³/mol. The molecule has 4 nitrogen and oxygen atoms in total. The third kappa shape index (κ3) is 15.1. The molecule has 0 bridgehead atoms. The maximum atomic E-state index is 10.3. The van der Waals surface area contributed by atoms with Gasteiger partial charge in [-0.25, -0.2) is 5.26 Å². The first-order valence-corrected chi connectivity index (χ1v) is 8.58. The number of aliphatic carboxylic acids is 1. The molecule has 0 saturated heterocycles. The lowest BCUT2D eigenvalue weighted by molar-refractivity contribution is -0.206. The van der Waals surface area contributed by atoms with E-state index in [0.29, 0.717) is 12.2 Å². The largest absolute Gasteiger partial charge is 0.481 e. The average Bonchev–Trinajstić information content (AvgIpc) is 2.50. The molecule has 0 radical (unpaired) electrons. The van der Waals surface area contributed by atoms with Crippen LogP contribution in [0.4, 0.5) is 0 Å². The molecule has 0 aromatic carbocycles. The number of unbranched alkanes of at least 4 members (excludes halogenated alkanes) is 7. The lowest BCUT2D eigenvalue weighted by Crippen LogP contribution is -1.93. The Morgan fingerprint density at radius 2 is 1.64 bits per heavy atom. The van der Waals surface area contributed by atoms with Gasteiger partial charge in [0.25, 0.3) is 0 Å². The molecule has 0 amide bonds. The molecule has 0 atom stereocenters. The molecule has 0 rings (SSSR count). The molecule has 0 aliphatic rings. The van der Waals surface area contributed by atoms with Gasteiger partial charge < -0.3 is 9.99 Å². The van der Waals surface area contributed by atoms with Crippen molar-refractivity contribution in [1.82, 2.24) is 0 Å². The van der Waals surface area contributed by atoms with Crippen molar-refractivity contribution in [2.24, 2.45) is 0 Å². The molecule has 0 spiro atoms. The van der Waals surface area contributed by atoms with E-state index in [-0.39, 0.29) is 0 Å². The molecular weight excluding hydrogens is 280 g/mol. The van der Waals surface area contributed by atoms with Crippen LogP contribution in [0.1, 0.15) is 84.0 Å². The van der Waals surface area contributed by atoms with Gasteiger partial charge in [0, 0.05) is 12.8 Å². The van der Waals surface area contributed by atoms with E-state index in [9.17, 15) is 4.79 Å². The highest BCUT2D eigenvalue weighted by molar-refractivity contribution is 5.66. The van der Waals surface area contributed by atoms with Gasteiger partial charge >= 0.3 is 5.97 Å². The van der Waals surface area contributed by atoms with Gasteiger partial charge in [0.2, 0.25) is 0 Å². The van der Waals surface area contributed by atoms with Crippen molar-refractivity contribution >= 4 is 5.97 Å². The van der Waals surface area contributed by atoms with Crippen LogP contribution in [-0.2, 0) is 9.68 Å². The lowest BCUT2D eigenvalue weighted by atomic mass is 10.1. The van der Waals surface area contributed by atoms with Gasteiger partial charge in [-0.2, -0.15) is 0 Å². The van der Waals surface area contributed by atoms with E-state index in [1.54, 1.807) is 0 Å². The van der Waals surface area contributed by atoms with E-state index >= 15 is 0 Å².